The Balaban J connectivity index is 1.88. The van der Waals surface area contributed by atoms with Crippen LogP contribution in [0.15, 0.2) is 30.6 Å². The first-order valence-corrected chi connectivity index (χ1v) is 13.2. The molecule has 1 aliphatic heterocycles. The fourth-order valence-corrected chi connectivity index (χ4v) is 5.68. The Hall–Kier alpha value is -4.06. The van der Waals surface area contributed by atoms with E-state index in [0.29, 0.717) is 26.9 Å². The van der Waals surface area contributed by atoms with Crippen LogP contribution >= 0.6 is 11.3 Å². The number of amides is 2. The molecule has 3 N–H and O–H groups in total. The Morgan fingerprint density at radius 3 is 2.60 bits per heavy atom. The Bertz CT molecular complexity index is 1450. The van der Waals surface area contributed by atoms with Gasteiger partial charge in [-0.05, 0) is 45.9 Å². The van der Waals surface area contributed by atoms with Crippen LogP contribution < -0.4 is 15.4 Å². The molecule has 4 rings (SSSR count). The number of carbonyl (C=O) groups is 2. The lowest BCUT2D eigenvalue weighted by Crippen LogP contribution is -2.66. The summed E-state index contributed by atoms with van der Waals surface area (Å²) >= 11 is 1.16. The number of carbonyl (C=O) groups excluding carboxylic acids is 2. The van der Waals surface area contributed by atoms with Crippen LogP contribution in [0.5, 0.6) is 5.75 Å². The maximum atomic E-state index is 14.4. The van der Waals surface area contributed by atoms with Crippen LogP contribution in [-0.2, 0) is 9.53 Å². The Morgan fingerprint density at radius 1 is 1.32 bits per heavy atom. The molecule has 2 amide bonds. The van der Waals surface area contributed by atoms with Gasteiger partial charge in [0.05, 0.1) is 50.2 Å². The molecule has 1 aliphatic rings. The first-order valence-electron chi connectivity index (χ1n) is 12.3. The molecule has 0 saturated carbocycles. The van der Waals surface area contributed by atoms with Gasteiger partial charge in [0.2, 0.25) is 12.3 Å². The van der Waals surface area contributed by atoms with Gasteiger partial charge in [0.15, 0.2) is 0 Å². The molecule has 0 fully saturated rings. The SMILES string of the molecule is COc1ccc(F)cc1[C@H](CN1c2sc(-n3nccn3)c(C)c2C(=O)N(C(C)(C)C(N)=O)C1O)OC[C@H](C)C#N. The van der Waals surface area contributed by atoms with Gasteiger partial charge in [-0.3, -0.25) is 14.5 Å². The summed E-state index contributed by atoms with van der Waals surface area (Å²) in [5, 5.41) is 30.2. The molecule has 0 radical (unpaired) electrons. The summed E-state index contributed by atoms with van der Waals surface area (Å²) in [6, 6.07) is 6.05. The summed E-state index contributed by atoms with van der Waals surface area (Å²) in [5.41, 5.74) is 5.16. The number of hydrogen-bond acceptors (Lipinski definition) is 10. The first-order chi connectivity index (χ1) is 18.9. The number of nitrogens with two attached hydrogens (primary N) is 1. The average Bonchev–Trinajstić information content (AvgIpc) is 3.56. The number of aromatic nitrogens is 3. The quantitative estimate of drug-likeness (QED) is 0.373. The van der Waals surface area contributed by atoms with Crippen molar-refractivity contribution < 1.29 is 28.6 Å². The van der Waals surface area contributed by atoms with E-state index in [1.54, 1.807) is 13.8 Å². The smallest absolute Gasteiger partial charge is 0.261 e. The van der Waals surface area contributed by atoms with Crippen LogP contribution in [0.4, 0.5) is 9.39 Å². The van der Waals surface area contributed by atoms with Crippen LogP contribution in [0.2, 0.25) is 0 Å². The number of aliphatic hydroxyl groups excluding tert-OH is 1. The van der Waals surface area contributed by atoms with Gasteiger partial charge in [0, 0.05) is 11.1 Å². The second kappa shape index (κ2) is 11.2. The van der Waals surface area contributed by atoms with Crippen LogP contribution in [0.25, 0.3) is 5.00 Å². The molecule has 2 aromatic heterocycles. The van der Waals surface area contributed by atoms with E-state index in [2.05, 4.69) is 16.3 Å². The number of nitrogens with zero attached hydrogens (tertiary/aromatic N) is 6. The standard InChI is InChI=1S/C26H30FN7O5S/c1-14(11-28)13-39-19(17-10-16(27)6-7-18(17)38-5)12-32-23-20(15(2)22(40-23)34-30-8-9-31-34)21(35)33(25(32)37)26(3,4)24(29)36/h6-10,14,19,25,37H,12-13H2,1-5H3,(H2,29,36)/t14-,19+,25?/m1/s1. The number of halogens is 1. The number of methoxy groups -OCH3 is 1. The van der Waals surface area contributed by atoms with E-state index in [4.69, 9.17) is 15.2 Å². The monoisotopic (exact) mass is 571 g/mol. The maximum Gasteiger partial charge on any atom is 0.261 e. The van der Waals surface area contributed by atoms with Crippen molar-refractivity contribution in [1.29, 1.82) is 5.26 Å². The van der Waals surface area contributed by atoms with E-state index in [1.165, 1.54) is 61.2 Å². The molecule has 0 spiro atoms. The number of fused-ring (bicyclic) bond motifs is 1. The van der Waals surface area contributed by atoms with Crippen molar-refractivity contribution in [2.45, 2.75) is 45.7 Å². The third-order valence-corrected chi connectivity index (χ3v) is 8.08. The molecule has 12 nitrogen and oxygen atoms in total. The van der Waals surface area contributed by atoms with Gasteiger partial charge in [0.1, 0.15) is 33.2 Å². The third-order valence-electron chi connectivity index (χ3n) is 6.78. The van der Waals surface area contributed by atoms with Crippen molar-refractivity contribution in [3.05, 3.63) is 53.1 Å². The molecule has 3 heterocycles. The molecular weight excluding hydrogens is 541 g/mol. The predicted molar refractivity (Wildman–Crippen MR) is 143 cm³/mol. The van der Waals surface area contributed by atoms with E-state index in [1.807, 2.05) is 0 Å². The topological polar surface area (TPSA) is 160 Å². The molecule has 0 aliphatic carbocycles. The third kappa shape index (κ3) is 5.10. The average molecular weight is 572 g/mol. The van der Waals surface area contributed by atoms with Crippen molar-refractivity contribution in [2.75, 3.05) is 25.2 Å². The van der Waals surface area contributed by atoms with Crippen LogP contribution in [0.3, 0.4) is 0 Å². The molecule has 1 aromatic carbocycles. The molecule has 0 bridgehead atoms. The lowest BCUT2D eigenvalue weighted by molar-refractivity contribution is -0.133. The lowest BCUT2D eigenvalue weighted by atomic mass is 9.98. The highest BCUT2D eigenvalue weighted by Gasteiger charge is 2.49. The minimum Gasteiger partial charge on any atom is -0.496 e. The Morgan fingerprint density at radius 2 is 2.00 bits per heavy atom. The number of rotatable bonds is 10. The highest BCUT2D eigenvalue weighted by atomic mass is 32.1. The van der Waals surface area contributed by atoms with Gasteiger partial charge in [-0.1, -0.05) is 11.3 Å². The summed E-state index contributed by atoms with van der Waals surface area (Å²) in [5.74, 6) is -2.13. The minimum atomic E-state index is -1.65. The van der Waals surface area contributed by atoms with Crippen molar-refractivity contribution >= 4 is 28.2 Å². The Kier molecular flexibility index (Phi) is 8.10. The molecule has 0 saturated heterocycles. The summed E-state index contributed by atoms with van der Waals surface area (Å²) in [4.78, 5) is 30.1. The number of thiophene rings is 1. The van der Waals surface area contributed by atoms with Crippen LogP contribution in [0, 0.1) is 30.0 Å². The molecule has 3 aromatic rings. The van der Waals surface area contributed by atoms with E-state index < -0.39 is 41.5 Å². The second-order valence-corrected chi connectivity index (χ2v) is 10.8. The van der Waals surface area contributed by atoms with Crippen molar-refractivity contribution in [3.63, 3.8) is 0 Å². The second-order valence-electron chi connectivity index (χ2n) is 9.87. The Labute approximate surface area is 234 Å². The van der Waals surface area contributed by atoms with Crippen LogP contribution in [-0.4, -0.2) is 69.0 Å². The van der Waals surface area contributed by atoms with E-state index in [-0.39, 0.29) is 18.7 Å². The van der Waals surface area contributed by atoms with Gasteiger partial charge in [-0.15, -0.1) is 4.80 Å². The summed E-state index contributed by atoms with van der Waals surface area (Å²) < 4.78 is 26.0. The number of primary amides is 1. The fourth-order valence-electron chi connectivity index (χ4n) is 4.43. The number of ether oxygens (including phenoxy) is 2. The highest BCUT2D eigenvalue weighted by Crippen LogP contribution is 2.45. The van der Waals surface area contributed by atoms with Crippen molar-refractivity contribution in [3.8, 4) is 16.8 Å². The number of aliphatic hydroxyl groups is 1. The van der Waals surface area contributed by atoms with Crippen molar-refractivity contribution in [1.82, 2.24) is 19.9 Å². The normalized spacial score (nSPS) is 16.9. The van der Waals surface area contributed by atoms with Gasteiger partial charge in [-0.2, -0.15) is 15.5 Å². The largest absolute Gasteiger partial charge is 0.496 e. The van der Waals surface area contributed by atoms with Crippen LogP contribution in [0.1, 0.15) is 48.4 Å². The molecular formula is C26H30FN7O5S. The molecule has 14 heteroatoms. The fraction of sp³-hybridized carbons (Fsp3) is 0.423. The lowest BCUT2D eigenvalue weighted by Gasteiger charge is -2.47. The number of benzene rings is 1. The highest BCUT2D eigenvalue weighted by molar-refractivity contribution is 7.19. The zero-order valence-electron chi connectivity index (χ0n) is 22.7. The minimum absolute atomic E-state index is 0.00102. The van der Waals surface area contributed by atoms with Gasteiger partial charge in [-0.25, -0.2) is 4.39 Å². The molecule has 212 valence electrons. The summed E-state index contributed by atoms with van der Waals surface area (Å²) in [6.45, 7) is 6.16. The first kappa shape index (κ1) is 28.9. The number of anilines is 1. The molecule has 3 atom stereocenters. The predicted octanol–water partition coefficient (Wildman–Crippen LogP) is 2.50. The van der Waals surface area contributed by atoms with Crippen molar-refractivity contribution in [2.24, 2.45) is 11.7 Å². The van der Waals surface area contributed by atoms with Gasteiger partial charge >= 0.3 is 0 Å². The number of hydrogen-bond donors (Lipinski definition) is 2. The zero-order valence-corrected chi connectivity index (χ0v) is 23.5. The molecule has 1 unspecified atom stereocenters. The summed E-state index contributed by atoms with van der Waals surface area (Å²) in [6.07, 6.45) is 0.402. The molecule has 40 heavy (non-hydrogen) atoms. The van der Waals surface area contributed by atoms with E-state index >= 15 is 0 Å². The zero-order chi connectivity index (χ0) is 29.4. The summed E-state index contributed by atoms with van der Waals surface area (Å²) in [7, 11) is 1.43. The van der Waals surface area contributed by atoms with Gasteiger partial charge < -0.3 is 25.2 Å². The number of nitriles is 1. The van der Waals surface area contributed by atoms with E-state index in [0.717, 1.165) is 16.2 Å². The van der Waals surface area contributed by atoms with E-state index in [9.17, 15) is 24.3 Å². The maximum absolute atomic E-state index is 14.4. The van der Waals surface area contributed by atoms with Gasteiger partial charge in [0.25, 0.3) is 5.91 Å².